The molecular weight excluding hydrogens is 202 g/mol. The fourth-order valence-electron chi connectivity index (χ4n) is 3.07. The number of piperidine rings is 2. The minimum atomic E-state index is -0.389. The van der Waals surface area contributed by atoms with Crippen molar-refractivity contribution in [1.82, 2.24) is 10.2 Å². The summed E-state index contributed by atoms with van der Waals surface area (Å²) in [7, 11) is 2.22. The van der Waals surface area contributed by atoms with Gasteiger partial charge in [0.2, 0.25) is 5.91 Å². The lowest BCUT2D eigenvalue weighted by atomic mass is 9.82. The Kier molecular flexibility index (Phi) is 3.50. The van der Waals surface area contributed by atoms with Crippen LogP contribution in [-0.2, 0) is 4.79 Å². The topological polar surface area (TPSA) is 58.4 Å². The van der Waals surface area contributed by atoms with Crippen molar-refractivity contribution in [3.8, 4) is 0 Å². The predicted molar refractivity (Wildman–Crippen MR) is 64.0 cm³/mol. The molecule has 0 aromatic carbocycles. The monoisotopic (exact) mass is 225 g/mol. The first-order chi connectivity index (χ1) is 7.58. The molecule has 2 aliphatic rings. The third-order valence-corrected chi connectivity index (χ3v) is 4.10. The van der Waals surface area contributed by atoms with Gasteiger partial charge in [-0.15, -0.1) is 0 Å². The van der Waals surface area contributed by atoms with Crippen molar-refractivity contribution in [3.05, 3.63) is 0 Å². The number of nitrogens with zero attached hydrogens (tertiary/aromatic N) is 1. The molecule has 4 heteroatoms. The molecular formula is C12H23N3O. The van der Waals surface area contributed by atoms with Gasteiger partial charge in [0.25, 0.3) is 0 Å². The Labute approximate surface area is 97.6 Å². The highest BCUT2D eigenvalue weighted by atomic mass is 16.2. The summed E-state index contributed by atoms with van der Waals surface area (Å²) in [5.41, 5.74) is 5.57. The number of rotatable bonds is 2. The molecule has 0 aromatic rings. The maximum absolute atomic E-state index is 11.6. The first-order valence-electron chi connectivity index (χ1n) is 6.36. The molecule has 0 saturated carbocycles. The lowest BCUT2D eigenvalue weighted by Crippen LogP contribution is -2.56. The molecule has 2 rings (SSSR count). The highest BCUT2D eigenvalue weighted by Crippen LogP contribution is 2.32. The molecule has 2 bridgehead atoms. The van der Waals surface area contributed by atoms with Crippen molar-refractivity contribution in [2.45, 2.75) is 63.2 Å². The Bertz CT molecular complexity index is 253. The van der Waals surface area contributed by atoms with E-state index in [1.165, 1.54) is 19.3 Å². The minimum Gasteiger partial charge on any atom is -0.352 e. The van der Waals surface area contributed by atoms with Crippen LogP contribution in [0, 0.1) is 0 Å². The van der Waals surface area contributed by atoms with E-state index in [4.69, 9.17) is 5.73 Å². The van der Waals surface area contributed by atoms with Crippen LogP contribution in [0.4, 0.5) is 0 Å². The van der Waals surface area contributed by atoms with Gasteiger partial charge in [0.15, 0.2) is 0 Å². The van der Waals surface area contributed by atoms with Gasteiger partial charge in [-0.05, 0) is 39.7 Å². The third-order valence-electron chi connectivity index (χ3n) is 4.10. The largest absolute Gasteiger partial charge is 0.352 e. The second kappa shape index (κ2) is 4.72. The van der Waals surface area contributed by atoms with Crippen LogP contribution in [0.3, 0.4) is 0 Å². The molecule has 2 saturated heterocycles. The molecule has 3 atom stereocenters. The molecule has 0 aliphatic carbocycles. The van der Waals surface area contributed by atoms with Crippen LogP contribution >= 0.6 is 0 Å². The van der Waals surface area contributed by atoms with E-state index >= 15 is 0 Å². The van der Waals surface area contributed by atoms with Gasteiger partial charge in [-0.1, -0.05) is 6.42 Å². The molecule has 4 nitrogen and oxygen atoms in total. The van der Waals surface area contributed by atoms with Crippen LogP contribution in [0.5, 0.6) is 0 Å². The van der Waals surface area contributed by atoms with Gasteiger partial charge >= 0.3 is 0 Å². The summed E-state index contributed by atoms with van der Waals surface area (Å²) in [6.07, 6.45) is 6.07. The summed E-state index contributed by atoms with van der Waals surface area (Å²) in [4.78, 5) is 14.1. The summed E-state index contributed by atoms with van der Waals surface area (Å²) in [5.74, 6) is -0.00683. The second-order valence-corrected chi connectivity index (χ2v) is 5.37. The summed E-state index contributed by atoms with van der Waals surface area (Å²) >= 11 is 0. The number of carbonyl (C=O) groups excluding carboxylic acids is 1. The average molecular weight is 225 g/mol. The van der Waals surface area contributed by atoms with Gasteiger partial charge in [-0.3, -0.25) is 4.79 Å². The standard InChI is InChI=1S/C12H23N3O/c1-8(13)12(16)14-9-6-10-4-3-5-11(7-9)15(10)2/h8-11H,3-7,13H2,1-2H3,(H,14,16)/t8-,9?,10?,11?/m0/s1. The molecule has 0 spiro atoms. The van der Waals surface area contributed by atoms with Crippen LogP contribution in [-0.4, -0.2) is 42.0 Å². The molecule has 16 heavy (non-hydrogen) atoms. The first-order valence-corrected chi connectivity index (χ1v) is 6.36. The second-order valence-electron chi connectivity index (χ2n) is 5.37. The summed E-state index contributed by atoms with van der Waals surface area (Å²) < 4.78 is 0. The highest BCUT2D eigenvalue weighted by molar-refractivity contribution is 5.81. The molecule has 0 radical (unpaired) electrons. The Morgan fingerprint density at radius 1 is 1.38 bits per heavy atom. The van der Waals surface area contributed by atoms with Crippen molar-refractivity contribution >= 4 is 5.91 Å². The smallest absolute Gasteiger partial charge is 0.236 e. The molecule has 3 N–H and O–H groups in total. The highest BCUT2D eigenvalue weighted by Gasteiger charge is 2.36. The van der Waals surface area contributed by atoms with Crippen LogP contribution in [0.15, 0.2) is 0 Å². The van der Waals surface area contributed by atoms with E-state index in [2.05, 4.69) is 17.3 Å². The maximum Gasteiger partial charge on any atom is 0.236 e. The van der Waals surface area contributed by atoms with E-state index in [1.54, 1.807) is 6.92 Å². The van der Waals surface area contributed by atoms with Crippen molar-refractivity contribution in [2.24, 2.45) is 5.73 Å². The number of nitrogens with one attached hydrogen (secondary N) is 1. The summed E-state index contributed by atoms with van der Waals surface area (Å²) in [6.45, 7) is 1.74. The number of hydrogen-bond donors (Lipinski definition) is 2. The molecule has 0 aromatic heterocycles. The van der Waals surface area contributed by atoms with Crippen LogP contribution < -0.4 is 11.1 Å². The first kappa shape index (κ1) is 11.9. The van der Waals surface area contributed by atoms with E-state index in [1.807, 2.05) is 0 Å². The molecule has 2 heterocycles. The Morgan fingerprint density at radius 2 is 1.94 bits per heavy atom. The summed E-state index contributed by atoms with van der Waals surface area (Å²) in [5, 5.41) is 3.08. The lowest BCUT2D eigenvalue weighted by Gasteiger charge is -2.47. The average Bonchev–Trinajstić information content (AvgIpc) is 2.19. The van der Waals surface area contributed by atoms with E-state index < -0.39 is 0 Å². The number of nitrogens with two attached hydrogens (primary N) is 1. The number of carbonyl (C=O) groups is 1. The number of fused-ring (bicyclic) bond motifs is 2. The fraction of sp³-hybridized carbons (Fsp3) is 0.917. The van der Waals surface area contributed by atoms with Crippen LogP contribution in [0.25, 0.3) is 0 Å². The zero-order valence-corrected chi connectivity index (χ0v) is 10.3. The van der Waals surface area contributed by atoms with E-state index in [0.717, 1.165) is 12.8 Å². The predicted octanol–water partition coefficient (Wildman–Crippen LogP) is 0.465. The SMILES string of the molecule is C[C@H](N)C(=O)NC1CC2CCCC(C1)N2C. The summed E-state index contributed by atoms with van der Waals surface area (Å²) in [6, 6.07) is 1.27. The zero-order chi connectivity index (χ0) is 11.7. The van der Waals surface area contributed by atoms with Gasteiger partial charge in [-0.25, -0.2) is 0 Å². The van der Waals surface area contributed by atoms with E-state index in [9.17, 15) is 4.79 Å². The van der Waals surface area contributed by atoms with E-state index in [-0.39, 0.29) is 11.9 Å². The molecule has 2 fully saturated rings. The quantitative estimate of drug-likeness (QED) is 0.718. The van der Waals surface area contributed by atoms with Gasteiger partial charge in [0.05, 0.1) is 6.04 Å². The molecule has 2 unspecified atom stereocenters. The minimum absolute atomic E-state index is 0.00683. The lowest BCUT2D eigenvalue weighted by molar-refractivity contribution is -0.123. The van der Waals surface area contributed by atoms with Crippen LogP contribution in [0.2, 0.25) is 0 Å². The van der Waals surface area contributed by atoms with Crippen molar-refractivity contribution in [3.63, 3.8) is 0 Å². The van der Waals surface area contributed by atoms with Crippen molar-refractivity contribution < 1.29 is 4.79 Å². The Balaban J connectivity index is 1.92. The maximum atomic E-state index is 11.6. The van der Waals surface area contributed by atoms with Gasteiger partial charge < -0.3 is 16.0 Å². The third kappa shape index (κ3) is 2.38. The van der Waals surface area contributed by atoms with Crippen LogP contribution in [0.1, 0.15) is 39.0 Å². The zero-order valence-electron chi connectivity index (χ0n) is 10.3. The Morgan fingerprint density at radius 3 is 2.44 bits per heavy atom. The molecule has 1 amide bonds. The fourth-order valence-corrected chi connectivity index (χ4v) is 3.07. The number of hydrogen-bond acceptors (Lipinski definition) is 3. The van der Waals surface area contributed by atoms with Gasteiger partial charge in [-0.2, -0.15) is 0 Å². The number of amides is 1. The van der Waals surface area contributed by atoms with E-state index in [0.29, 0.717) is 18.1 Å². The van der Waals surface area contributed by atoms with Crippen molar-refractivity contribution in [1.29, 1.82) is 0 Å². The van der Waals surface area contributed by atoms with Gasteiger partial charge in [0, 0.05) is 18.1 Å². The molecule has 2 aliphatic heterocycles. The van der Waals surface area contributed by atoms with Crippen molar-refractivity contribution in [2.75, 3.05) is 7.05 Å². The van der Waals surface area contributed by atoms with Gasteiger partial charge in [0.1, 0.15) is 0 Å². The Hall–Kier alpha value is -0.610. The molecule has 92 valence electrons. The normalized spacial score (nSPS) is 36.8.